The number of carbonyl (C=O) groups is 1. The summed E-state index contributed by atoms with van der Waals surface area (Å²) in [5, 5.41) is 3.49. The van der Waals surface area contributed by atoms with Crippen LogP contribution >= 0.6 is 11.6 Å². The Hall–Kier alpha value is -3.60. The molecule has 2 aliphatic rings. The molecule has 1 atom stereocenters. The van der Waals surface area contributed by atoms with Gasteiger partial charge in [0.2, 0.25) is 0 Å². The predicted molar refractivity (Wildman–Crippen MR) is 121 cm³/mol. The number of nitrogens with zero attached hydrogens (tertiary/aromatic N) is 5. The zero-order chi connectivity index (χ0) is 24.9. The van der Waals surface area contributed by atoms with Crippen molar-refractivity contribution >= 4 is 23.2 Å². The Morgan fingerprint density at radius 2 is 1.97 bits per heavy atom. The monoisotopic (exact) mass is 505 g/mol. The Labute approximate surface area is 202 Å². The van der Waals surface area contributed by atoms with Gasteiger partial charge in [0, 0.05) is 31.3 Å². The maximum atomic E-state index is 13.2. The highest BCUT2D eigenvalue weighted by atomic mass is 35.5. The van der Waals surface area contributed by atoms with Gasteiger partial charge in [0.1, 0.15) is 11.4 Å². The second-order valence-electron chi connectivity index (χ2n) is 8.37. The Kier molecular flexibility index (Phi) is 5.66. The highest BCUT2D eigenvalue weighted by molar-refractivity contribution is 6.35. The van der Waals surface area contributed by atoms with Crippen molar-refractivity contribution in [1.82, 2.24) is 19.0 Å². The molecule has 0 saturated carbocycles. The van der Waals surface area contributed by atoms with Gasteiger partial charge in [0.05, 0.1) is 34.9 Å². The molecule has 0 radical (unpaired) electrons. The van der Waals surface area contributed by atoms with Crippen molar-refractivity contribution in [1.29, 1.82) is 0 Å². The molecule has 4 heterocycles. The summed E-state index contributed by atoms with van der Waals surface area (Å²) in [6.07, 6.45) is -1.68. The Morgan fingerprint density at radius 1 is 1.17 bits per heavy atom. The van der Waals surface area contributed by atoms with Crippen LogP contribution in [0.4, 0.5) is 13.2 Å². The van der Waals surface area contributed by atoms with E-state index in [1.54, 1.807) is 34.1 Å². The van der Waals surface area contributed by atoms with E-state index in [9.17, 15) is 22.8 Å². The second-order valence-corrected chi connectivity index (χ2v) is 8.75. The number of fused-ring (bicyclic) bond motifs is 1. The molecule has 0 spiro atoms. The first-order chi connectivity index (χ1) is 16.6. The van der Waals surface area contributed by atoms with E-state index in [0.717, 1.165) is 11.8 Å². The fourth-order valence-electron chi connectivity index (χ4n) is 4.29. The van der Waals surface area contributed by atoms with Crippen molar-refractivity contribution in [2.75, 3.05) is 13.1 Å². The van der Waals surface area contributed by atoms with Crippen LogP contribution in [0.3, 0.4) is 0 Å². The lowest BCUT2D eigenvalue weighted by molar-refractivity contribution is -0.137. The number of alkyl halides is 3. The van der Waals surface area contributed by atoms with E-state index in [0.29, 0.717) is 12.2 Å². The van der Waals surface area contributed by atoms with Gasteiger partial charge in [-0.1, -0.05) is 28.9 Å². The van der Waals surface area contributed by atoms with Gasteiger partial charge >= 0.3 is 6.18 Å². The maximum Gasteiger partial charge on any atom is 0.417 e. The zero-order valence-electron chi connectivity index (χ0n) is 18.4. The number of oxime groups is 1. The summed E-state index contributed by atoms with van der Waals surface area (Å²) >= 11 is 6.01. The van der Waals surface area contributed by atoms with E-state index < -0.39 is 22.9 Å². The molecule has 182 valence electrons. The Morgan fingerprint density at radius 3 is 2.69 bits per heavy atom. The smallest absolute Gasteiger partial charge is 0.390 e. The third-order valence-electron chi connectivity index (χ3n) is 6.02. The molecule has 1 amide bonds. The zero-order valence-corrected chi connectivity index (χ0v) is 19.2. The number of aryl methyl sites for hydroxylation is 1. The molecular formula is C23H19ClF3N5O3. The molecule has 0 saturated heterocycles. The van der Waals surface area contributed by atoms with Gasteiger partial charge in [-0.25, -0.2) is 4.98 Å². The topological polar surface area (TPSA) is 81.7 Å². The summed E-state index contributed by atoms with van der Waals surface area (Å²) in [4.78, 5) is 37.1. The number of carbonyl (C=O) groups excluding carboxylic acids is 1. The van der Waals surface area contributed by atoms with Crippen LogP contribution in [0.25, 0.3) is 5.69 Å². The Balaban J connectivity index is 1.30. The number of hydrogen-bond donors (Lipinski definition) is 0. The molecule has 0 N–H and O–H groups in total. The third-order valence-corrected chi connectivity index (χ3v) is 6.42. The summed E-state index contributed by atoms with van der Waals surface area (Å²) in [7, 11) is 0. The third kappa shape index (κ3) is 4.20. The van der Waals surface area contributed by atoms with Gasteiger partial charge in [-0.15, -0.1) is 0 Å². The average molecular weight is 506 g/mol. The van der Waals surface area contributed by atoms with Crippen molar-refractivity contribution in [3.63, 3.8) is 0 Å². The van der Waals surface area contributed by atoms with Gasteiger partial charge in [0.15, 0.2) is 6.10 Å². The number of hydrogen-bond acceptors (Lipinski definition) is 5. The van der Waals surface area contributed by atoms with E-state index in [1.165, 1.54) is 16.7 Å². The summed E-state index contributed by atoms with van der Waals surface area (Å²) in [6.45, 7) is 2.55. The molecule has 35 heavy (non-hydrogen) atoms. The largest absolute Gasteiger partial charge is 0.417 e. The summed E-state index contributed by atoms with van der Waals surface area (Å²) in [5.41, 5.74) is 0.600. The molecule has 8 nitrogen and oxygen atoms in total. The minimum atomic E-state index is -4.59. The summed E-state index contributed by atoms with van der Waals surface area (Å²) in [5.74, 6) is -0.337. The molecule has 3 aromatic rings. The van der Waals surface area contributed by atoms with Crippen LogP contribution in [-0.4, -0.2) is 49.8 Å². The molecule has 1 unspecified atom stereocenters. The highest BCUT2D eigenvalue weighted by Gasteiger charge is 2.36. The SMILES string of the molecule is Cc1cn(-c2ccc3n(c2=O)CCN(CC2CC(c4cccc(C(F)(F)F)c4Cl)=NO2)C3=O)cn1. The predicted octanol–water partition coefficient (Wildman–Crippen LogP) is 3.66. The van der Waals surface area contributed by atoms with Crippen molar-refractivity contribution < 1.29 is 22.8 Å². The number of pyridine rings is 1. The molecule has 5 rings (SSSR count). The quantitative estimate of drug-likeness (QED) is 0.542. The number of aromatic nitrogens is 3. The van der Waals surface area contributed by atoms with Crippen LogP contribution < -0.4 is 5.56 Å². The maximum absolute atomic E-state index is 13.2. The molecule has 2 aliphatic heterocycles. The standard InChI is InChI=1S/C23H19ClF3N5O3/c1-13-10-31(12-28-13)18-5-6-19-21(33)30(7-8-32(19)22(18)34)11-14-9-17(29-35-14)15-3-2-4-16(20(15)24)23(25,26)27/h2-6,10,12,14H,7-9,11H2,1H3. The molecular weight excluding hydrogens is 487 g/mol. The lowest BCUT2D eigenvalue weighted by Gasteiger charge is -2.30. The van der Waals surface area contributed by atoms with E-state index >= 15 is 0 Å². The minimum absolute atomic E-state index is 0.146. The van der Waals surface area contributed by atoms with E-state index in [-0.39, 0.29) is 47.9 Å². The number of benzene rings is 1. The van der Waals surface area contributed by atoms with E-state index in [2.05, 4.69) is 10.1 Å². The number of amides is 1. The van der Waals surface area contributed by atoms with E-state index in [1.807, 2.05) is 6.92 Å². The molecule has 0 fully saturated rings. The number of halogens is 4. The van der Waals surface area contributed by atoms with Crippen LogP contribution in [0.1, 0.15) is 33.7 Å². The molecule has 1 aromatic carbocycles. The Bertz CT molecular complexity index is 1410. The van der Waals surface area contributed by atoms with Crippen LogP contribution in [0, 0.1) is 6.92 Å². The summed E-state index contributed by atoms with van der Waals surface area (Å²) < 4.78 is 42.6. The fraction of sp³-hybridized carbons (Fsp3) is 0.304. The van der Waals surface area contributed by atoms with Crippen molar-refractivity contribution in [2.45, 2.75) is 32.2 Å². The fourth-order valence-corrected chi connectivity index (χ4v) is 4.63. The van der Waals surface area contributed by atoms with Crippen LogP contribution in [0.2, 0.25) is 5.02 Å². The number of imidazole rings is 1. The van der Waals surface area contributed by atoms with E-state index in [4.69, 9.17) is 16.4 Å². The van der Waals surface area contributed by atoms with Crippen molar-refractivity contribution in [3.05, 3.63) is 80.7 Å². The average Bonchev–Trinajstić information content (AvgIpc) is 3.44. The summed E-state index contributed by atoms with van der Waals surface area (Å²) in [6, 6.07) is 6.81. The van der Waals surface area contributed by atoms with Gasteiger partial charge < -0.3 is 18.9 Å². The van der Waals surface area contributed by atoms with Crippen molar-refractivity contribution in [3.8, 4) is 5.69 Å². The first-order valence-electron chi connectivity index (χ1n) is 10.8. The second kappa shape index (κ2) is 8.56. The molecule has 0 aliphatic carbocycles. The first-order valence-corrected chi connectivity index (χ1v) is 11.1. The lowest BCUT2D eigenvalue weighted by Crippen LogP contribution is -2.47. The van der Waals surface area contributed by atoms with Crippen LogP contribution in [0.15, 0.2) is 52.8 Å². The highest BCUT2D eigenvalue weighted by Crippen LogP contribution is 2.37. The molecule has 12 heteroatoms. The molecule has 2 aromatic heterocycles. The van der Waals surface area contributed by atoms with Crippen LogP contribution in [-0.2, 0) is 17.6 Å². The molecule has 0 bridgehead atoms. The van der Waals surface area contributed by atoms with Crippen LogP contribution in [0.5, 0.6) is 0 Å². The van der Waals surface area contributed by atoms with Gasteiger partial charge in [0.25, 0.3) is 11.5 Å². The normalized spacial score (nSPS) is 17.9. The first kappa shape index (κ1) is 23.2. The minimum Gasteiger partial charge on any atom is -0.390 e. The van der Waals surface area contributed by atoms with Crippen molar-refractivity contribution in [2.24, 2.45) is 5.16 Å². The number of rotatable bonds is 4. The van der Waals surface area contributed by atoms with Gasteiger partial charge in [-0.2, -0.15) is 13.2 Å². The van der Waals surface area contributed by atoms with Gasteiger partial charge in [-0.05, 0) is 25.1 Å². The van der Waals surface area contributed by atoms with Gasteiger partial charge in [-0.3, -0.25) is 9.59 Å². The lowest BCUT2D eigenvalue weighted by atomic mass is 10.0.